The van der Waals surface area contributed by atoms with Crippen molar-refractivity contribution in [3.8, 4) is 11.5 Å². The van der Waals surface area contributed by atoms with Gasteiger partial charge >= 0.3 is 0 Å². The SMILES string of the molecule is CC(N)C1CCN(Cc2cc(Cl)c3c(c2)OCCO3)C1.Cl. The molecule has 0 spiro atoms. The van der Waals surface area contributed by atoms with Crippen molar-refractivity contribution in [1.82, 2.24) is 4.90 Å². The highest BCUT2D eigenvalue weighted by Gasteiger charge is 2.25. The van der Waals surface area contributed by atoms with Gasteiger partial charge in [-0.2, -0.15) is 0 Å². The van der Waals surface area contributed by atoms with Gasteiger partial charge in [-0.15, -0.1) is 12.4 Å². The first-order chi connectivity index (χ1) is 9.63. The molecule has 4 nitrogen and oxygen atoms in total. The summed E-state index contributed by atoms with van der Waals surface area (Å²) in [5, 5.41) is 0.639. The van der Waals surface area contributed by atoms with Crippen molar-refractivity contribution in [3.05, 3.63) is 22.7 Å². The minimum absolute atomic E-state index is 0. The van der Waals surface area contributed by atoms with Crippen LogP contribution < -0.4 is 15.2 Å². The van der Waals surface area contributed by atoms with E-state index in [4.69, 9.17) is 26.8 Å². The fourth-order valence-corrected chi connectivity index (χ4v) is 3.24. The maximum Gasteiger partial charge on any atom is 0.179 e. The van der Waals surface area contributed by atoms with Crippen LogP contribution in [0.25, 0.3) is 0 Å². The fourth-order valence-electron chi connectivity index (χ4n) is 2.95. The van der Waals surface area contributed by atoms with Gasteiger partial charge < -0.3 is 15.2 Å². The van der Waals surface area contributed by atoms with Crippen molar-refractivity contribution in [2.24, 2.45) is 11.7 Å². The number of nitrogens with two attached hydrogens (primary N) is 1. The van der Waals surface area contributed by atoms with Crippen LogP contribution in [0.2, 0.25) is 5.02 Å². The van der Waals surface area contributed by atoms with Gasteiger partial charge in [-0.05, 0) is 43.5 Å². The number of halogens is 2. The predicted octanol–water partition coefficient (Wildman–Crippen LogP) is 2.70. The first-order valence-corrected chi connectivity index (χ1v) is 7.57. The van der Waals surface area contributed by atoms with Gasteiger partial charge in [0.25, 0.3) is 0 Å². The molecule has 118 valence electrons. The number of nitrogens with zero attached hydrogens (tertiary/aromatic N) is 1. The summed E-state index contributed by atoms with van der Waals surface area (Å²) in [6.07, 6.45) is 1.18. The molecule has 0 aliphatic carbocycles. The minimum Gasteiger partial charge on any atom is -0.486 e. The van der Waals surface area contributed by atoms with E-state index < -0.39 is 0 Å². The van der Waals surface area contributed by atoms with Crippen LogP contribution in [0.4, 0.5) is 0 Å². The molecule has 0 amide bonds. The molecular weight excluding hydrogens is 311 g/mol. The Morgan fingerprint density at radius 1 is 1.38 bits per heavy atom. The van der Waals surface area contributed by atoms with Crippen molar-refractivity contribution in [1.29, 1.82) is 0 Å². The number of rotatable bonds is 3. The summed E-state index contributed by atoms with van der Waals surface area (Å²) >= 11 is 6.27. The lowest BCUT2D eigenvalue weighted by Gasteiger charge is -2.22. The fraction of sp³-hybridized carbons (Fsp3) is 0.600. The van der Waals surface area contributed by atoms with Crippen LogP contribution in [0.3, 0.4) is 0 Å². The van der Waals surface area contributed by atoms with Crippen molar-refractivity contribution in [2.45, 2.75) is 25.9 Å². The van der Waals surface area contributed by atoms with Gasteiger partial charge in [0.15, 0.2) is 11.5 Å². The average molecular weight is 333 g/mol. The molecule has 0 bridgehead atoms. The second-order valence-corrected chi connectivity index (χ2v) is 6.15. The van der Waals surface area contributed by atoms with Gasteiger partial charge in [-0.3, -0.25) is 4.90 Å². The summed E-state index contributed by atoms with van der Waals surface area (Å²) < 4.78 is 11.2. The Morgan fingerprint density at radius 3 is 2.86 bits per heavy atom. The smallest absolute Gasteiger partial charge is 0.179 e. The van der Waals surface area contributed by atoms with E-state index in [1.807, 2.05) is 12.1 Å². The first kappa shape index (κ1) is 16.7. The Morgan fingerprint density at radius 2 is 2.14 bits per heavy atom. The minimum atomic E-state index is 0. The maximum atomic E-state index is 6.27. The van der Waals surface area contributed by atoms with Gasteiger partial charge in [-0.1, -0.05) is 11.6 Å². The molecule has 3 rings (SSSR count). The van der Waals surface area contributed by atoms with Gasteiger partial charge in [-0.25, -0.2) is 0 Å². The molecule has 1 aromatic rings. The van der Waals surface area contributed by atoms with Crippen LogP contribution in [0.5, 0.6) is 11.5 Å². The number of ether oxygens (including phenoxy) is 2. The molecular formula is C15H22Cl2N2O2. The van der Waals surface area contributed by atoms with E-state index in [-0.39, 0.29) is 18.4 Å². The van der Waals surface area contributed by atoms with Gasteiger partial charge in [0, 0.05) is 19.1 Å². The molecule has 6 heteroatoms. The van der Waals surface area contributed by atoms with Crippen LogP contribution in [0, 0.1) is 5.92 Å². The van der Waals surface area contributed by atoms with Gasteiger partial charge in [0.1, 0.15) is 13.2 Å². The lowest BCUT2D eigenvalue weighted by atomic mass is 10.0. The quantitative estimate of drug-likeness (QED) is 0.924. The Labute approximate surface area is 136 Å². The van der Waals surface area contributed by atoms with Crippen LogP contribution in [-0.2, 0) is 6.54 Å². The van der Waals surface area contributed by atoms with Crippen molar-refractivity contribution >= 4 is 24.0 Å². The third kappa shape index (κ3) is 3.75. The summed E-state index contributed by atoms with van der Waals surface area (Å²) in [5.41, 5.74) is 7.16. The van der Waals surface area contributed by atoms with Crippen LogP contribution in [0.1, 0.15) is 18.9 Å². The summed E-state index contributed by atoms with van der Waals surface area (Å²) in [6, 6.07) is 4.29. The van der Waals surface area contributed by atoms with Gasteiger partial charge in [0.05, 0.1) is 5.02 Å². The molecule has 1 fully saturated rings. The number of likely N-dealkylation sites (tertiary alicyclic amines) is 1. The topological polar surface area (TPSA) is 47.7 Å². The first-order valence-electron chi connectivity index (χ1n) is 7.19. The maximum absolute atomic E-state index is 6.27. The van der Waals surface area contributed by atoms with E-state index in [0.29, 0.717) is 29.9 Å². The Bertz CT molecular complexity index is 497. The van der Waals surface area contributed by atoms with Crippen molar-refractivity contribution in [2.75, 3.05) is 26.3 Å². The van der Waals surface area contributed by atoms with E-state index in [0.717, 1.165) is 25.4 Å². The van der Waals surface area contributed by atoms with Crippen molar-refractivity contribution < 1.29 is 9.47 Å². The van der Waals surface area contributed by atoms with Crippen LogP contribution >= 0.6 is 24.0 Å². The molecule has 2 aliphatic heterocycles. The molecule has 0 saturated carbocycles. The van der Waals surface area contributed by atoms with E-state index in [1.54, 1.807) is 0 Å². The largest absolute Gasteiger partial charge is 0.486 e. The highest BCUT2D eigenvalue weighted by Crippen LogP contribution is 2.38. The lowest BCUT2D eigenvalue weighted by Crippen LogP contribution is -2.29. The van der Waals surface area contributed by atoms with E-state index in [1.165, 1.54) is 12.0 Å². The molecule has 0 aromatic heterocycles. The monoisotopic (exact) mass is 332 g/mol. The van der Waals surface area contributed by atoms with E-state index >= 15 is 0 Å². The average Bonchev–Trinajstić information content (AvgIpc) is 2.87. The zero-order valence-electron chi connectivity index (χ0n) is 12.2. The molecule has 2 N–H and O–H groups in total. The summed E-state index contributed by atoms with van der Waals surface area (Å²) in [5.74, 6) is 2.04. The highest BCUT2D eigenvalue weighted by molar-refractivity contribution is 6.32. The summed E-state index contributed by atoms with van der Waals surface area (Å²) in [4.78, 5) is 2.43. The van der Waals surface area contributed by atoms with Crippen LogP contribution in [-0.4, -0.2) is 37.2 Å². The zero-order valence-corrected chi connectivity index (χ0v) is 13.8. The standard InChI is InChI=1S/C15H21ClN2O2.ClH/c1-10(17)12-2-3-18(9-12)8-11-6-13(16)15-14(7-11)19-4-5-20-15;/h6-7,10,12H,2-5,8-9,17H2,1H3;1H. The highest BCUT2D eigenvalue weighted by atomic mass is 35.5. The third-order valence-corrected chi connectivity index (χ3v) is 4.40. The number of hydrogen-bond acceptors (Lipinski definition) is 4. The van der Waals surface area contributed by atoms with Gasteiger partial charge in [0.2, 0.25) is 0 Å². The Hall–Kier alpha value is -0.680. The van der Waals surface area contributed by atoms with Crippen molar-refractivity contribution in [3.63, 3.8) is 0 Å². The second-order valence-electron chi connectivity index (χ2n) is 5.74. The Kier molecular flexibility index (Phi) is 5.60. The second kappa shape index (κ2) is 7.05. The molecule has 2 aliphatic rings. The molecule has 21 heavy (non-hydrogen) atoms. The summed E-state index contributed by atoms with van der Waals surface area (Å²) in [7, 11) is 0. The normalized spacial score (nSPS) is 22.7. The molecule has 2 unspecified atom stereocenters. The number of benzene rings is 1. The zero-order chi connectivity index (χ0) is 14.1. The molecule has 2 heterocycles. The van der Waals surface area contributed by atoms with Crippen LogP contribution in [0.15, 0.2) is 12.1 Å². The predicted molar refractivity (Wildman–Crippen MR) is 86.7 cm³/mol. The molecule has 1 saturated heterocycles. The third-order valence-electron chi connectivity index (χ3n) is 4.12. The molecule has 1 aromatic carbocycles. The molecule has 0 radical (unpaired) electrons. The number of fused-ring (bicyclic) bond motifs is 1. The molecule has 2 atom stereocenters. The number of hydrogen-bond donors (Lipinski definition) is 1. The lowest BCUT2D eigenvalue weighted by molar-refractivity contribution is 0.171. The summed E-state index contributed by atoms with van der Waals surface area (Å²) in [6.45, 7) is 6.29. The van der Waals surface area contributed by atoms with E-state index in [9.17, 15) is 0 Å². The Balaban J connectivity index is 0.00000161. The van der Waals surface area contributed by atoms with E-state index in [2.05, 4.69) is 11.8 Å².